The molecule has 0 spiro atoms. The highest BCUT2D eigenvalue weighted by Crippen LogP contribution is 2.42. The van der Waals surface area contributed by atoms with Crippen molar-refractivity contribution in [3.05, 3.63) is 39.4 Å². The highest BCUT2D eigenvalue weighted by atomic mass is 35.5. The van der Waals surface area contributed by atoms with Gasteiger partial charge in [0, 0.05) is 28.6 Å². The number of aromatic nitrogens is 2. The lowest BCUT2D eigenvalue weighted by Gasteiger charge is -2.22. The number of thiophene rings is 1. The van der Waals surface area contributed by atoms with Crippen molar-refractivity contribution in [3.8, 4) is 11.1 Å². The lowest BCUT2D eigenvalue weighted by molar-refractivity contribution is 0.302. The summed E-state index contributed by atoms with van der Waals surface area (Å²) in [5, 5.41) is 11.3. The van der Waals surface area contributed by atoms with Crippen molar-refractivity contribution in [2.24, 2.45) is 0 Å². The molecule has 126 valence electrons. The number of hydrogen-bond acceptors (Lipinski definition) is 5. The third-order valence-electron chi connectivity index (χ3n) is 3.87. The summed E-state index contributed by atoms with van der Waals surface area (Å²) in [6.07, 6.45) is 0. The van der Waals surface area contributed by atoms with Gasteiger partial charge in [0.05, 0.1) is 12.0 Å². The fourth-order valence-electron chi connectivity index (χ4n) is 2.80. The van der Waals surface area contributed by atoms with Gasteiger partial charge in [-0.3, -0.25) is 0 Å². The minimum Gasteiger partial charge on any atom is -0.395 e. The van der Waals surface area contributed by atoms with Crippen LogP contribution in [0, 0.1) is 6.92 Å². The van der Waals surface area contributed by atoms with E-state index in [0.717, 1.165) is 38.6 Å². The number of aliphatic hydroxyl groups excluding tert-OH is 1. The number of aliphatic hydroxyl groups is 1. The van der Waals surface area contributed by atoms with Crippen molar-refractivity contribution in [2.75, 3.05) is 24.6 Å². The number of anilines is 1. The van der Waals surface area contributed by atoms with Crippen LogP contribution >= 0.6 is 34.5 Å². The van der Waals surface area contributed by atoms with Gasteiger partial charge in [-0.05, 0) is 43.1 Å². The number of hydrogen-bond donors (Lipinski definition) is 1. The van der Waals surface area contributed by atoms with Gasteiger partial charge in [-0.1, -0.05) is 23.7 Å². The molecule has 0 amide bonds. The first-order chi connectivity index (χ1) is 11.5. The van der Waals surface area contributed by atoms with Crippen LogP contribution in [0.25, 0.3) is 21.3 Å². The Balaban J connectivity index is 2.29. The van der Waals surface area contributed by atoms with Crippen LogP contribution in [0.4, 0.5) is 5.82 Å². The van der Waals surface area contributed by atoms with Crippen molar-refractivity contribution < 1.29 is 5.11 Å². The monoisotopic (exact) mass is 381 g/mol. The second-order valence-corrected chi connectivity index (χ2v) is 7.32. The largest absolute Gasteiger partial charge is 0.395 e. The van der Waals surface area contributed by atoms with Crippen LogP contribution in [-0.4, -0.2) is 34.8 Å². The SMILES string of the molecule is CCN(CCO)c1nc(Cl)nc2sc(C)c(-c3ccc(Cl)cc3)c12. The molecule has 1 aromatic carbocycles. The third kappa shape index (κ3) is 3.22. The highest BCUT2D eigenvalue weighted by Gasteiger charge is 2.21. The van der Waals surface area contributed by atoms with E-state index in [1.54, 1.807) is 11.3 Å². The molecule has 0 aliphatic carbocycles. The van der Waals surface area contributed by atoms with Crippen LogP contribution in [0.15, 0.2) is 24.3 Å². The van der Waals surface area contributed by atoms with E-state index in [1.165, 1.54) is 0 Å². The standard InChI is InChI=1S/C17H17Cl2N3OS/c1-3-22(8-9-23)15-14-13(11-4-6-12(18)7-5-11)10(2)24-16(14)21-17(19)20-15/h4-7,23H,3,8-9H2,1-2H3. The minimum absolute atomic E-state index is 0.0519. The van der Waals surface area contributed by atoms with Gasteiger partial charge in [0.1, 0.15) is 10.6 Å². The average Bonchev–Trinajstić information content (AvgIpc) is 2.88. The molecule has 3 aromatic rings. The molecule has 2 aromatic heterocycles. The molecule has 0 aliphatic rings. The van der Waals surface area contributed by atoms with Gasteiger partial charge in [-0.2, -0.15) is 4.98 Å². The third-order valence-corrected chi connectivity index (χ3v) is 5.29. The van der Waals surface area contributed by atoms with E-state index in [1.807, 2.05) is 36.1 Å². The number of aryl methyl sites for hydroxylation is 1. The summed E-state index contributed by atoms with van der Waals surface area (Å²) >= 11 is 13.7. The van der Waals surface area contributed by atoms with E-state index < -0.39 is 0 Å². The first-order valence-electron chi connectivity index (χ1n) is 7.63. The maximum absolute atomic E-state index is 9.36. The lowest BCUT2D eigenvalue weighted by Crippen LogP contribution is -2.27. The Morgan fingerprint density at radius 3 is 2.50 bits per heavy atom. The minimum atomic E-state index is 0.0519. The molecule has 1 N–H and O–H groups in total. The van der Waals surface area contributed by atoms with Gasteiger partial charge in [0.25, 0.3) is 0 Å². The molecule has 0 bridgehead atoms. The van der Waals surface area contributed by atoms with Gasteiger partial charge in [-0.25, -0.2) is 4.98 Å². The van der Waals surface area contributed by atoms with Crippen molar-refractivity contribution in [2.45, 2.75) is 13.8 Å². The Labute approximate surface area is 154 Å². The Morgan fingerprint density at radius 2 is 1.88 bits per heavy atom. The summed E-state index contributed by atoms with van der Waals surface area (Å²) in [5.74, 6) is 0.760. The van der Waals surface area contributed by atoms with E-state index in [0.29, 0.717) is 11.6 Å². The van der Waals surface area contributed by atoms with Crippen LogP contribution < -0.4 is 4.90 Å². The fourth-order valence-corrected chi connectivity index (χ4v) is 4.18. The normalized spacial score (nSPS) is 11.2. The summed E-state index contributed by atoms with van der Waals surface area (Å²) in [6, 6.07) is 7.75. The zero-order chi connectivity index (χ0) is 17.3. The summed E-state index contributed by atoms with van der Waals surface area (Å²) in [6.45, 7) is 5.36. The maximum Gasteiger partial charge on any atom is 0.225 e. The van der Waals surface area contributed by atoms with Crippen LogP contribution in [0.2, 0.25) is 10.3 Å². The van der Waals surface area contributed by atoms with Gasteiger partial charge >= 0.3 is 0 Å². The molecule has 7 heteroatoms. The Bertz CT molecular complexity index is 864. The Hall–Kier alpha value is -1.40. The maximum atomic E-state index is 9.36. The quantitative estimate of drug-likeness (QED) is 0.645. The van der Waals surface area contributed by atoms with Crippen LogP contribution in [-0.2, 0) is 0 Å². The number of likely N-dealkylation sites (N-methyl/N-ethyl adjacent to an activating group) is 1. The summed E-state index contributed by atoms with van der Waals surface area (Å²) in [4.78, 5) is 12.9. The predicted octanol–water partition coefficient (Wildman–Crippen LogP) is 4.79. The molecule has 0 atom stereocenters. The highest BCUT2D eigenvalue weighted by molar-refractivity contribution is 7.19. The number of halogens is 2. The molecule has 24 heavy (non-hydrogen) atoms. The second-order valence-electron chi connectivity index (χ2n) is 5.34. The molecule has 0 saturated carbocycles. The first kappa shape index (κ1) is 17.4. The second kappa shape index (κ2) is 7.23. The van der Waals surface area contributed by atoms with Crippen molar-refractivity contribution in [1.82, 2.24) is 9.97 Å². The van der Waals surface area contributed by atoms with E-state index in [4.69, 9.17) is 23.2 Å². The van der Waals surface area contributed by atoms with Gasteiger partial charge in [0.2, 0.25) is 5.28 Å². The Kier molecular flexibility index (Phi) is 5.25. The van der Waals surface area contributed by atoms with Crippen LogP contribution in [0.1, 0.15) is 11.8 Å². The summed E-state index contributed by atoms with van der Waals surface area (Å²) in [5.41, 5.74) is 2.16. The molecular weight excluding hydrogens is 365 g/mol. The lowest BCUT2D eigenvalue weighted by atomic mass is 10.0. The number of nitrogens with zero attached hydrogens (tertiary/aromatic N) is 3. The molecule has 3 rings (SSSR count). The average molecular weight is 382 g/mol. The smallest absolute Gasteiger partial charge is 0.225 e. The zero-order valence-electron chi connectivity index (χ0n) is 13.4. The molecule has 0 unspecified atom stereocenters. The Morgan fingerprint density at radius 1 is 1.17 bits per heavy atom. The van der Waals surface area contributed by atoms with E-state index in [9.17, 15) is 5.11 Å². The van der Waals surface area contributed by atoms with Crippen molar-refractivity contribution in [3.63, 3.8) is 0 Å². The van der Waals surface area contributed by atoms with E-state index in [2.05, 4.69) is 16.9 Å². The fraction of sp³-hybridized carbons (Fsp3) is 0.294. The molecular formula is C17H17Cl2N3OS. The van der Waals surface area contributed by atoms with Crippen molar-refractivity contribution in [1.29, 1.82) is 0 Å². The number of fused-ring (bicyclic) bond motifs is 1. The van der Waals surface area contributed by atoms with E-state index >= 15 is 0 Å². The molecule has 0 aliphatic heterocycles. The molecule has 2 heterocycles. The number of benzene rings is 1. The van der Waals surface area contributed by atoms with Crippen LogP contribution in [0.3, 0.4) is 0 Å². The number of rotatable bonds is 5. The molecule has 0 fully saturated rings. The summed E-state index contributed by atoms with van der Waals surface area (Å²) in [7, 11) is 0. The molecule has 0 saturated heterocycles. The van der Waals surface area contributed by atoms with Gasteiger partial charge in [0.15, 0.2) is 0 Å². The molecule has 0 radical (unpaired) electrons. The molecule has 4 nitrogen and oxygen atoms in total. The first-order valence-corrected chi connectivity index (χ1v) is 9.20. The van der Waals surface area contributed by atoms with Crippen LogP contribution in [0.5, 0.6) is 0 Å². The summed E-state index contributed by atoms with van der Waals surface area (Å²) < 4.78 is 0. The van der Waals surface area contributed by atoms with Gasteiger partial charge < -0.3 is 10.0 Å². The van der Waals surface area contributed by atoms with Gasteiger partial charge in [-0.15, -0.1) is 11.3 Å². The van der Waals surface area contributed by atoms with E-state index in [-0.39, 0.29) is 11.9 Å². The topological polar surface area (TPSA) is 49.2 Å². The zero-order valence-corrected chi connectivity index (χ0v) is 15.7. The predicted molar refractivity (Wildman–Crippen MR) is 103 cm³/mol. The van der Waals surface area contributed by atoms with Crippen molar-refractivity contribution >= 4 is 50.6 Å².